The minimum atomic E-state index is -0.0923. The van der Waals surface area contributed by atoms with E-state index in [0.717, 1.165) is 28.4 Å². The second kappa shape index (κ2) is 8.92. The Hall–Kier alpha value is -3.12. The fourth-order valence-corrected chi connectivity index (χ4v) is 3.36. The first kappa shape index (κ1) is 20.6. The predicted octanol–water partition coefficient (Wildman–Crippen LogP) is 3.53. The standard InChI is InChI=1S/C23H28N4O2/c1-16-14-17(2)27(25-16)20-10-6-19(7-11-20)23(28)24-15-22(26(3)4)18-8-12-21(29-5)13-9-18/h6-14,22H,15H2,1-5H3,(H,24,28). The van der Waals surface area contributed by atoms with Crippen LogP contribution in [0, 0.1) is 13.8 Å². The number of methoxy groups -OCH3 is 1. The maximum absolute atomic E-state index is 12.7. The van der Waals surface area contributed by atoms with E-state index in [0.29, 0.717) is 12.1 Å². The van der Waals surface area contributed by atoms with Gasteiger partial charge >= 0.3 is 0 Å². The summed E-state index contributed by atoms with van der Waals surface area (Å²) < 4.78 is 7.10. The van der Waals surface area contributed by atoms with Crippen LogP contribution in [0.5, 0.6) is 5.75 Å². The first-order valence-electron chi connectivity index (χ1n) is 9.61. The van der Waals surface area contributed by atoms with Crippen molar-refractivity contribution in [2.45, 2.75) is 19.9 Å². The van der Waals surface area contributed by atoms with Crippen molar-refractivity contribution >= 4 is 5.91 Å². The van der Waals surface area contributed by atoms with Gasteiger partial charge in [0.2, 0.25) is 0 Å². The SMILES string of the molecule is COc1ccc(C(CNC(=O)c2ccc(-n3nc(C)cc3C)cc2)N(C)C)cc1. The van der Waals surface area contributed by atoms with Crippen molar-refractivity contribution in [3.05, 3.63) is 77.1 Å². The molecule has 0 radical (unpaired) electrons. The number of ether oxygens (including phenoxy) is 1. The first-order valence-corrected chi connectivity index (χ1v) is 9.61. The number of aryl methyl sites for hydroxylation is 2. The highest BCUT2D eigenvalue weighted by Crippen LogP contribution is 2.21. The molecule has 0 aliphatic rings. The lowest BCUT2D eigenvalue weighted by molar-refractivity contribution is 0.0942. The minimum Gasteiger partial charge on any atom is -0.497 e. The van der Waals surface area contributed by atoms with E-state index in [1.807, 2.05) is 87.2 Å². The topological polar surface area (TPSA) is 59.4 Å². The van der Waals surface area contributed by atoms with Crippen LogP contribution in [-0.4, -0.2) is 48.3 Å². The molecule has 1 amide bonds. The van der Waals surface area contributed by atoms with Gasteiger partial charge < -0.3 is 15.0 Å². The molecule has 0 bridgehead atoms. The first-order chi connectivity index (χ1) is 13.9. The number of rotatable bonds is 7. The highest BCUT2D eigenvalue weighted by atomic mass is 16.5. The Kier molecular flexibility index (Phi) is 6.34. The van der Waals surface area contributed by atoms with Crippen LogP contribution in [0.3, 0.4) is 0 Å². The van der Waals surface area contributed by atoms with E-state index in [1.165, 1.54) is 0 Å². The molecule has 3 rings (SSSR count). The lowest BCUT2D eigenvalue weighted by Gasteiger charge is -2.25. The van der Waals surface area contributed by atoms with E-state index in [1.54, 1.807) is 7.11 Å². The summed E-state index contributed by atoms with van der Waals surface area (Å²) in [4.78, 5) is 14.7. The molecule has 2 aromatic carbocycles. The van der Waals surface area contributed by atoms with Gasteiger partial charge in [-0.15, -0.1) is 0 Å². The Labute approximate surface area is 172 Å². The summed E-state index contributed by atoms with van der Waals surface area (Å²) in [6, 6.07) is 17.5. The second-order valence-corrected chi connectivity index (χ2v) is 7.35. The lowest BCUT2D eigenvalue weighted by atomic mass is 10.1. The van der Waals surface area contributed by atoms with Crippen LogP contribution in [0.2, 0.25) is 0 Å². The van der Waals surface area contributed by atoms with Gasteiger partial charge in [0.05, 0.1) is 24.5 Å². The Balaban J connectivity index is 1.67. The van der Waals surface area contributed by atoms with Crippen LogP contribution in [0.25, 0.3) is 5.69 Å². The normalized spacial score (nSPS) is 12.1. The molecule has 1 N–H and O–H groups in total. The van der Waals surface area contributed by atoms with Gasteiger partial charge in [0.25, 0.3) is 5.91 Å². The van der Waals surface area contributed by atoms with Crippen molar-refractivity contribution in [3.63, 3.8) is 0 Å². The van der Waals surface area contributed by atoms with Gasteiger partial charge in [-0.3, -0.25) is 4.79 Å². The van der Waals surface area contributed by atoms with E-state index in [9.17, 15) is 4.79 Å². The zero-order valence-electron chi connectivity index (χ0n) is 17.6. The highest BCUT2D eigenvalue weighted by molar-refractivity contribution is 5.94. The largest absolute Gasteiger partial charge is 0.497 e. The Morgan fingerprint density at radius 2 is 1.76 bits per heavy atom. The summed E-state index contributed by atoms with van der Waals surface area (Å²) >= 11 is 0. The summed E-state index contributed by atoms with van der Waals surface area (Å²) in [5.74, 6) is 0.725. The fraction of sp³-hybridized carbons (Fsp3) is 0.304. The van der Waals surface area contributed by atoms with Gasteiger partial charge in [0.15, 0.2) is 0 Å². The number of hydrogen-bond acceptors (Lipinski definition) is 4. The minimum absolute atomic E-state index is 0.0684. The molecule has 0 saturated carbocycles. The second-order valence-electron chi connectivity index (χ2n) is 7.35. The average molecular weight is 393 g/mol. The number of likely N-dealkylation sites (N-methyl/N-ethyl adjacent to an activating group) is 1. The molecule has 1 heterocycles. The summed E-state index contributed by atoms with van der Waals surface area (Å²) in [6.45, 7) is 4.49. The lowest BCUT2D eigenvalue weighted by Crippen LogP contribution is -2.34. The van der Waals surface area contributed by atoms with Crippen molar-refractivity contribution in [1.29, 1.82) is 0 Å². The molecule has 0 aliphatic heterocycles. The van der Waals surface area contributed by atoms with E-state index < -0.39 is 0 Å². The highest BCUT2D eigenvalue weighted by Gasteiger charge is 2.16. The Morgan fingerprint density at radius 3 is 2.28 bits per heavy atom. The van der Waals surface area contributed by atoms with E-state index in [2.05, 4.69) is 15.3 Å². The number of nitrogens with one attached hydrogen (secondary N) is 1. The summed E-state index contributed by atoms with van der Waals surface area (Å²) in [5, 5.41) is 7.53. The molecule has 1 atom stereocenters. The van der Waals surface area contributed by atoms with Crippen molar-refractivity contribution < 1.29 is 9.53 Å². The van der Waals surface area contributed by atoms with Crippen LogP contribution >= 0.6 is 0 Å². The Morgan fingerprint density at radius 1 is 1.10 bits per heavy atom. The third-order valence-electron chi connectivity index (χ3n) is 4.96. The molecule has 0 spiro atoms. The summed E-state index contributed by atoms with van der Waals surface area (Å²) in [6.07, 6.45) is 0. The van der Waals surface area contributed by atoms with Crippen LogP contribution in [0.4, 0.5) is 0 Å². The van der Waals surface area contributed by atoms with Crippen molar-refractivity contribution in [3.8, 4) is 11.4 Å². The quantitative estimate of drug-likeness (QED) is 0.668. The fourth-order valence-electron chi connectivity index (χ4n) is 3.36. The van der Waals surface area contributed by atoms with E-state index in [-0.39, 0.29) is 11.9 Å². The number of nitrogens with zero attached hydrogens (tertiary/aromatic N) is 3. The molecule has 6 nitrogen and oxygen atoms in total. The zero-order valence-corrected chi connectivity index (χ0v) is 17.6. The average Bonchev–Trinajstić information content (AvgIpc) is 3.06. The number of amides is 1. The van der Waals surface area contributed by atoms with Gasteiger partial charge in [-0.1, -0.05) is 12.1 Å². The van der Waals surface area contributed by atoms with Crippen LogP contribution in [0.1, 0.15) is 33.4 Å². The van der Waals surface area contributed by atoms with E-state index in [4.69, 9.17) is 4.74 Å². The number of carbonyl (C=O) groups is 1. The van der Waals surface area contributed by atoms with Crippen molar-refractivity contribution in [2.75, 3.05) is 27.7 Å². The van der Waals surface area contributed by atoms with Crippen LogP contribution < -0.4 is 10.1 Å². The molecular weight excluding hydrogens is 364 g/mol. The smallest absolute Gasteiger partial charge is 0.251 e. The summed E-state index contributed by atoms with van der Waals surface area (Å²) in [5.41, 5.74) is 4.72. The van der Waals surface area contributed by atoms with Gasteiger partial charge in [-0.05, 0) is 76.0 Å². The molecule has 29 heavy (non-hydrogen) atoms. The maximum Gasteiger partial charge on any atom is 0.251 e. The monoisotopic (exact) mass is 392 g/mol. The van der Waals surface area contributed by atoms with Crippen LogP contribution in [0.15, 0.2) is 54.6 Å². The number of hydrogen-bond donors (Lipinski definition) is 1. The summed E-state index contributed by atoms with van der Waals surface area (Å²) in [7, 11) is 5.66. The molecule has 0 saturated heterocycles. The van der Waals surface area contributed by atoms with Crippen molar-refractivity contribution in [1.82, 2.24) is 20.0 Å². The molecule has 6 heteroatoms. The van der Waals surface area contributed by atoms with Gasteiger partial charge in [-0.25, -0.2) is 4.68 Å². The van der Waals surface area contributed by atoms with Gasteiger partial charge in [0, 0.05) is 17.8 Å². The number of aromatic nitrogens is 2. The molecule has 1 unspecified atom stereocenters. The molecular formula is C23H28N4O2. The van der Waals surface area contributed by atoms with E-state index >= 15 is 0 Å². The van der Waals surface area contributed by atoms with Crippen molar-refractivity contribution in [2.24, 2.45) is 0 Å². The molecule has 1 aromatic heterocycles. The molecule has 3 aromatic rings. The third kappa shape index (κ3) is 4.84. The third-order valence-corrected chi connectivity index (χ3v) is 4.96. The zero-order chi connectivity index (χ0) is 21.0. The van der Waals surface area contributed by atoms with Gasteiger partial charge in [0.1, 0.15) is 5.75 Å². The molecule has 0 aliphatic carbocycles. The Bertz CT molecular complexity index is 960. The molecule has 152 valence electrons. The maximum atomic E-state index is 12.7. The predicted molar refractivity (Wildman–Crippen MR) is 115 cm³/mol. The van der Waals surface area contributed by atoms with Crippen LogP contribution in [-0.2, 0) is 0 Å². The number of carbonyl (C=O) groups excluding carboxylic acids is 1. The van der Waals surface area contributed by atoms with Gasteiger partial charge in [-0.2, -0.15) is 5.10 Å². The number of benzene rings is 2. The molecule has 0 fully saturated rings.